The maximum absolute atomic E-state index is 13.0. The van der Waals surface area contributed by atoms with Gasteiger partial charge in [-0.25, -0.2) is 0 Å². The molecule has 0 fully saturated rings. The minimum Gasteiger partial charge on any atom is -0.448 e. The molecule has 0 radical (unpaired) electrons. The van der Waals surface area contributed by atoms with Crippen molar-refractivity contribution in [2.24, 2.45) is 0 Å². The fraction of sp³-hybridized carbons (Fsp3) is 0.120. The molecule has 0 saturated heterocycles. The molecule has 0 bridgehead atoms. The van der Waals surface area contributed by atoms with Crippen LogP contribution < -0.4 is 10.6 Å². The number of non-ortho nitro benzene ring substituents is 1. The Hall–Kier alpha value is -4.38. The summed E-state index contributed by atoms with van der Waals surface area (Å²) in [6.07, 6.45) is -1.38. The van der Waals surface area contributed by atoms with Crippen molar-refractivity contribution in [3.63, 3.8) is 0 Å². The van der Waals surface area contributed by atoms with Gasteiger partial charge in [0.05, 0.1) is 11.5 Å². The van der Waals surface area contributed by atoms with E-state index in [0.717, 1.165) is 4.47 Å². The summed E-state index contributed by atoms with van der Waals surface area (Å²) < 4.78 is 6.14. The van der Waals surface area contributed by atoms with Crippen LogP contribution in [-0.4, -0.2) is 41.6 Å². The van der Waals surface area contributed by atoms with Gasteiger partial charge in [-0.1, -0.05) is 46.3 Å². The molecule has 3 aromatic rings. The largest absolute Gasteiger partial charge is 0.448 e. The van der Waals surface area contributed by atoms with Crippen molar-refractivity contribution in [1.82, 2.24) is 10.6 Å². The highest BCUT2D eigenvalue weighted by atomic mass is 79.9. The van der Waals surface area contributed by atoms with Crippen LogP contribution in [0.3, 0.4) is 0 Å². The van der Waals surface area contributed by atoms with Crippen molar-refractivity contribution < 1.29 is 28.8 Å². The van der Waals surface area contributed by atoms with Crippen LogP contribution in [0.5, 0.6) is 0 Å². The van der Waals surface area contributed by atoms with Crippen LogP contribution >= 0.6 is 15.9 Å². The van der Waals surface area contributed by atoms with Gasteiger partial charge in [-0.05, 0) is 36.4 Å². The van der Waals surface area contributed by atoms with E-state index in [4.69, 9.17) is 4.74 Å². The highest BCUT2D eigenvalue weighted by Crippen LogP contribution is 2.25. The summed E-state index contributed by atoms with van der Waals surface area (Å²) in [7, 11) is 0. The molecule has 36 heavy (non-hydrogen) atoms. The molecule has 0 aromatic heterocycles. The number of nitrogens with one attached hydrogen (secondary N) is 2. The summed E-state index contributed by atoms with van der Waals surface area (Å²) in [4.78, 5) is 60.0. The average molecular weight is 554 g/mol. The van der Waals surface area contributed by atoms with E-state index in [-0.39, 0.29) is 23.4 Å². The molecule has 2 amide bonds. The zero-order valence-corrected chi connectivity index (χ0v) is 20.3. The van der Waals surface area contributed by atoms with Gasteiger partial charge in [0.25, 0.3) is 11.6 Å². The zero-order chi connectivity index (χ0) is 26.1. The van der Waals surface area contributed by atoms with E-state index < -0.39 is 41.1 Å². The van der Waals surface area contributed by atoms with Crippen LogP contribution in [0.25, 0.3) is 0 Å². The Bertz CT molecular complexity index is 1260. The van der Waals surface area contributed by atoms with Gasteiger partial charge < -0.3 is 15.4 Å². The van der Waals surface area contributed by atoms with E-state index in [1.165, 1.54) is 24.3 Å². The molecule has 0 saturated carbocycles. The van der Waals surface area contributed by atoms with E-state index in [9.17, 15) is 29.3 Å². The van der Waals surface area contributed by atoms with Crippen LogP contribution in [-0.2, 0) is 14.3 Å². The number of benzene rings is 3. The molecule has 3 rings (SSSR count). The topological polar surface area (TPSA) is 145 Å². The van der Waals surface area contributed by atoms with Crippen molar-refractivity contribution in [1.29, 1.82) is 0 Å². The normalized spacial score (nSPS) is 11.1. The summed E-state index contributed by atoms with van der Waals surface area (Å²) in [5, 5.41) is 15.7. The van der Waals surface area contributed by atoms with E-state index in [0.29, 0.717) is 5.56 Å². The van der Waals surface area contributed by atoms with E-state index in [2.05, 4.69) is 26.6 Å². The van der Waals surface area contributed by atoms with Gasteiger partial charge in [-0.2, -0.15) is 0 Å². The number of carbonyl (C=O) groups excluding carboxylic acids is 4. The number of rotatable bonds is 10. The highest BCUT2D eigenvalue weighted by molar-refractivity contribution is 9.10. The number of Topliss-reactive ketones (excluding diaryl/α,β-unsaturated/α-hetero) is 1. The number of carbonyl (C=O) groups is 4. The van der Waals surface area contributed by atoms with Crippen LogP contribution in [0, 0.1) is 10.1 Å². The zero-order valence-electron chi connectivity index (χ0n) is 18.7. The number of ether oxygens (including phenoxy) is 1. The molecule has 11 heteroatoms. The summed E-state index contributed by atoms with van der Waals surface area (Å²) in [5.74, 6) is -2.55. The molecule has 3 aromatic carbocycles. The summed E-state index contributed by atoms with van der Waals surface area (Å²) in [5.41, 5.74) is 0.674. The first-order valence-corrected chi connectivity index (χ1v) is 11.4. The predicted octanol–water partition coefficient (Wildman–Crippen LogP) is 3.37. The SMILES string of the molecule is O=C(CNC(=O)c1ccc(Br)cc1)NCC(=O)OC(C(=O)c1ccccc1)c1ccc([N+](=O)[O-])cc1. The number of amides is 2. The lowest BCUT2D eigenvalue weighted by molar-refractivity contribution is -0.384. The lowest BCUT2D eigenvalue weighted by Crippen LogP contribution is -2.39. The number of nitrogens with zero attached hydrogens (tertiary/aromatic N) is 1. The molecular weight excluding hydrogens is 534 g/mol. The van der Waals surface area contributed by atoms with E-state index in [1.807, 2.05) is 0 Å². The average Bonchev–Trinajstić information content (AvgIpc) is 2.89. The number of nitro benzene ring substituents is 1. The second-order valence-corrected chi connectivity index (χ2v) is 8.33. The fourth-order valence-electron chi connectivity index (χ4n) is 3.07. The Morgan fingerprint density at radius 2 is 1.47 bits per heavy atom. The lowest BCUT2D eigenvalue weighted by Gasteiger charge is -2.18. The second-order valence-electron chi connectivity index (χ2n) is 7.42. The third-order valence-corrected chi connectivity index (χ3v) is 5.43. The standard InChI is InChI=1S/C25H20BrN3O7/c26-19-10-6-18(7-11-19)25(33)28-14-21(30)27-15-22(31)36-24(23(32)16-4-2-1-3-5-16)17-8-12-20(13-9-17)29(34)35/h1-13,24H,14-15H2,(H,27,30)(H,28,33). The number of halogens is 1. The number of hydrogen-bond donors (Lipinski definition) is 2. The van der Waals surface area contributed by atoms with Crippen molar-refractivity contribution in [3.8, 4) is 0 Å². The Labute approximate surface area is 213 Å². The first-order chi connectivity index (χ1) is 17.2. The number of ketones is 1. The Balaban J connectivity index is 1.60. The van der Waals surface area contributed by atoms with Crippen LogP contribution in [0.4, 0.5) is 5.69 Å². The minimum atomic E-state index is -1.38. The molecule has 0 spiro atoms. The molecule has 2 N–H and O–H groups in total. The van der Waals surface area contributed by atoms with E-state index in [1.54, 1.807) is 54.6 Å². The smallest absolute Gasteiger partial charge is 0.326 e. The van der Waals surface area contributed by atoms with Gasteiger partial charge in [0.15, 0.2) is 6.10 Å². The molecule has 1 atom stereocenters. The van der Waals surface area contributed by atoms with Crippen LogP contribution in [0.2, 0.25) is 0 Å². The van der Waals surface area contributed by atoms with Crippen molar-refractivity contribution in [2.75, 3.05) is 13.1 Å². The Kier molecular flexibility index (Phi) is 9.01. The molecule has 0 heterocycles. The fourth-order valence-corrected chi connectivity index (χ4v) is 3.33. The summed E-state index contributed by atoms with van der Waals surface area (Å²) in [6.45, 7) is -0.935. The van der Waals surface area contributed by atoms with Crippen LogP contribution in [0.15, 0.2) is 83.3 Å². The Morgan fingerprint density at radius 1 is 0.833 bits per heavy atom. The molecule has 0 aliphatic carbocycles. The maximum atomic E-state index is 13.0. The number of nitro groups is 1. The summed E-state index contributed by atoms with van der Waals surface area (Å²) >= 11 is 3.27. The molecule has 10 nitrogen and oxygen atoms in total. The monoisotopic (exact) mass is 553 g/mol. The minimum absolute atomic E-state index is 0.187. The predicted molar refractivity (Wildman–Crippen MR) is 132 cm³/mol. The van der Waals surface area contributed by atoms with Gasteiger partial charge in [-0.15, -0.1) is 0 Å². The third-order valence-electron chi connectivity index (χ3n) is 4.90. The number of hydrogen-bond acceptors (Lipinski definition) is 7. The number of esters is 1. The molecule has 184 valence electrons. The van der Waals surface area contributed by atoms with Crippen molar-refractivity contribution in [3.05, 3.63) is 110 Å². The van der Waals surface area contributed by atoms with E-state index >= 15 is 0 Å². The second kappa shape index (κ2) is 12.4. The molecule has 0 aliphatic heterocycles. The maximum Gasteiger partial charge on any atom is 0.326 e. The quantitative estimate of drug-likeness (QED) is 0.169. The lowest BCUT2D eigenvalue weighted by atomic mass is 9.99. The summed E-state index contributed by atoms with van der Waals surface area (Å²) in [6, 6.07) is 19.7. The van der Waals surface area contributed by atoms with Gasteiger partial charge in [0.1, 0.15) is 6.54 Å². The highest BCUT2D eigenvalue weighted by Gasteiger charge is 2.27. The van der Waals surface area contributed by atoms with Crippen LogP contribution in [0.1, 0.15) is 32.4 Å². The Morgan fingerprint density at radius 3 is 2.08 bits per heavy atom. The van der Waals surface area contributed by atoms with Gasteiger partial charge in [0, 0.05) is 33.3 Å². The van der Waals surface area contributed by atoms with Crippen molar-refractivity contribution >= 4 is 45.2 Å². The van der Waals surface area contributed by atoms with Gasteiger partial charge in [0.2, 0.25) is 11.7 Å². The van der Waals surface area contributed by atoms with Gasteiger partial charge in [-0.3, -0.25) is 29.3 Å². The molecule has 1 unspecified atom stereocenters. The third kappa shape index (κ3) is 7.31. The molecule has 0 aliphatic rings. The van der Waals surface area contributed by atoms with Crippen molar-refractivity contribution in [2.45, 2.75) is 6.10 Å². The molecular formula is C25H20BrN3O7. The first-order valence-electron chi connectivity index (χ1n) is 10.6. The first kappa shape index (κ1) is 26.2. The van der Waals surface area contributed by atoms with Gasteiger partial charge >= 0.3 is 5.97 Å².